The van der Waals surface area contributed by atoms with Crippen molar-refractivity contribution in [1.29, 1.82) is 0 Å². The monoisotopic (exact) mass is 325 g/mol. The van der Waals surface area contributed by atoms with Crippen LogP contribution >= 0.6 is 15.9 Å². The van der Waals surface area contributed by atoms with Crippen molar-refractivity contribution in [2.45, 2.75) is 46.1 Å². The van der Waals surface area contributed by atoms with E-state index in [-0.39, 0.29) is 0 Å². The Hall–Kier alpha value is -0.540. The Morgan fingerprint density at radius 2 is 2.16 bits per heavy atom. The van der Waals surface area contributed by atoms with Crippen molar-refractivity contribution in [3.63, 3.8) is 0 Å². The van der Waals surface area contributed by atoms with Gasteiger partial charge in [0.05, 0.1) is 6.61 Å². The normalized spacial score (nSPS) is 16.8. The smallest absolute Gasteiger partial charge is 0.125 e. The SMILES string of the molecule is CCCNC(C)C(C)Cc1cc(Br)cc2c1OCC2. The Morgan fingerprint density at radius 3 is 2.89 bits per heavy atom. The molecule has 1 aliphatic rings. The summed E-state index contributed by atoms with van der Waals surface area (Å²) in [5, 5.41) is 3.58. The molecule has 0 saturated heterocycles. The topological polar surface area (TPSA) is 21.3 Å². The van der Waals surface area contributed by atoms with Crippen molar-refractivity contribution < 1.29 is 4.74 Å². The number of fused-ring (bicyclic) bond motifs is 1. The van der Waals surface area contributed by atoms with Crippen LogP contribution in [-0.4, -0.2) is 19.2 Å². The van der Waals surface area contributed by atoms with E-state index in [9.17, 15) is 0 Å². The van der Waals surface area contributed by atoms with Crippen molar-refractivity contribution in [1.82, 2.24) is 5.32 Å². The van der Waals surface area contributed by atoms with Gasteiger partial charge in [-0.3, -0.25) is 0 Å². The Labute approximate surface area is 125 Å². The third-order valence-corrected chi connectivity index (χ3v) is 4.39. The molecule has 1 heterocycles. The van der Waals surface area contributed by atoms with E-state index in [1.807, 2.05) is 0 Å². The van der Waals surface area contributed by atoms with E-state index in [0.717, 1.165) is 31.7 Å². The van der Waals surface area contributed by atoms with Gasteiger partial charge in [0.15, 0.2) is 0 Å². The maximum absolute atomic E-state index is 5.81. The van der Waals surface area contributed by atoms with Gasteiger partial charge in [0.1, 0.15) is 5.75 Å². The molecule has 2 unspecified atom stereocenters. The first-order valence-corrected chi connectivity index (χ1v) is 8.08. The Morgan fingerprint density at radius 1 is 1.37 bits per heavy atom. The molecule has 19 heavy (non-hydrogen) atoms. The van der Waals surface area contributed by atoms with Crippen molar-refractivity contribution >= 4 is 15.9 Å². The lowest BCUT2D eigenvalue weighted by Crippen LogP contribution is -2.33. The van der Waals surface area contributed by atoms with Crippen LogP contribution in [-0.2, 0) is 12.8 Å². The standard InChI is InChI=1S/C16H24BrNO/c1-4-6-18-12(3)11(2)8-14-10-15(17)9-13-5-7-19-16(13)14/h9-12,18H,4-8H2,1-3H3. The second-order valence-corrected chi connectivity index (χ2v) is 6.49. The summed E-state index contributed by atoms with van der Waals surface area (Å²) in [6.45, 7) is 8.73. The van der Waals surface area contributed by atoms with Gasteiger partial charge >= 0.3 is 0 Å². The number of rotatable bonds is 6. The van der Waals surface area contributed by atoms with E-state index in [4.69, 9.17) is 4.74 Å². The molecule has 106 valence electrons. The average molecular weight is 326 g/mol. The Bertz CT molecular complexity index is 433. The molecule has 0 aliphatic carbocycles. The van der Waals surface area contributed by atoms with Gasteiger partial charge in [-0.15, -0.1) is 0 Å². The fourth-order valence-electron chi connectivity index (χ4n) is 2.59. The molecular formula is C16H24BrNO. The van der Waals surface area contributed by atoms with Crippen LogP contribution in [0.15, 0.2) is 16.6 Å². The minimum absolute atomic E-state index is 0.538. The molecule has 0 fully saturated rings. The zero-order valence-corrected chi connectivity index (χ0v) is 13.7. The van der Waals surface area contributed by atoms with Gasteiger partial charge in [-0.1, -0.05) is 29.8 Å². The summed E-state index contributed by atoms with van der Waals surface area (Å²) in [7, 11) is 0. The summed E-state index contributed by atoms with van der Waals surface area (Å²) in [5.41, 5.74) is 2.70. The highest BCUT2D eigenvalue weighted by Crippen LogP contribution is 2.34. The van der Waals surface area contributed by atoms with Crippen LogP contribution in [0, 0.1) is 5.92 Å². The molecule has 1 N–H and O–H groups in total. The third-order valence-electron chi connectivity index (χ3n) is 3.94. The number of ether oxygens (including phenoxy) is 1. The van der Waals surface area contributed by atoms with Gasteiger partial charge in [0, 0.05) is 16.9 Å². The predicted molar refractivity (Wildman–Crippen MR) is 84.0 cm³/mol. The zero-order chi connectivity index (χ0) is 13.8. The van der Waals surface area contributed by atoms with Crippen LogP contribution < -0.4 is 10.1 Å². The molecule has 2 nitrogen and oxygen atoms in total. The van der Waals surface area contributed by atoms with Crippen molar-refractivity contribution in [2.75, 3.05) is 13.2 Å². The lowest BCUT2D eigenvalue weighted by atomic mass is 9.93. The van der Waals surface area contributed by atoms with Gasteiger partial charge in [-0.25, -0.2) is 0 Å². The molecule has 0 saturated carbocycles. The maximum atomic E-state index is 5.81. The first-order valence-electron chi connectivity index (χ1n) is 7.29. The highest BCUT2D eigenvalue weighted by atomic mass is 79.9. The highest BCUT2D eigenvalue weighted by Gasteiger charge is 2.20. The van der Waals surface area contributed by atoms with Gasteiger partial charge < -0.3 is 10.1 Å². The Kier molecular flexibility index (Phi) is 5.28. The number of hydrogen-bond acceptors (Lipinski definition) is 2. The zero-order valence-electron chi connectivity index (χ0n) is 12.1. The number of halogens is 1. The largest absolute Gasteiger partial charge is 0.493 e. The summed E-state index contributed by atoms with van der Waals surface area (Å²) in [5.74, 6) is 1.74. The van der Waals surface area contributed by atoms with Crippen molar-refractivity contribution in [3.05, 3.63) is 27.7 Å². The van der Waals surface area contributed by atoms with E-state index in [2.05, 4.69) is 54.2 Å². The van der Waals surface area contributed by atoms with Crippen LogP contribution in [0.5, 0.6) is 5.75 Å². The molecule has 1 aromatic rings. The molecule has 3 heteroatoms. The molecule has 0 amide bonds. The summed E-state index contributed by atoms with van der Waals surface area (Å²) in [6.07, 6.45) is 3.30. The lowest BCUT2D eigenvalue weighted by molar-refractivity contribution is 0.346. The average Bonchev–Trinajstić information content (AvgIpc) is 2.83. The minimum atomic E-state index is 0.538. The quantitative estimate of drug-likeness (QED) is 0.855. The maximum Gasteiger partial charge on any atom is 0.125 e. The van der Waals surface area contributed by atoms with E-state index in [0.29, 0.717) is 12.0 Å². The van der Waals surface area contributed by atoms with Gasteiger partial charge in [-0.05, 0) is 55.5 Å². The first kappa shape index (κ1) is 14.9. The second kappa shape index (κ2) is 6.76. The highest BCUT2D eigenvalue weighted by molar-refractivity contribution is 9.10. The van der Waals surface area contributed by atoms with Crippen LogP contribution in [0.4, 0.5) is 0 Å². The van der Waals surface area contributed by atoms with Crippen LogP contribution in [0.25, 0.3) is 0 Å². The third kappa shape index (κ3) is 3.73. The Balaban J connectivity index is 2.06. The molecular weight excluding hydrogens is 302 g/mol. The predicted octanol–water partition coefficient (Wildman–Crippen LogP) is 3.95. The molecule has 2 atom stereocenters. The number of hydrogen-bond donors (Lipinski definition) is 1. The number of nitrogens with one attached hydrogen (secondary N) is 1. The van der Waals surface area contributed by atoms with E-state index in [1.54, 1.807) is 0 Å². The molecule has 0 radical (unpaired) electrons. The molecule has 0 spiro atoms. The van der Waals surface area contributed by atoms with Crippen LogP contribution in [0.2, 0.25) is 0 Å². The molecule has 1 aliphatic heterocycles. The van der Waals surface area contributed by atoms with E-state index in [1.165, 1.54) is 22.0 Å². The summed E-state index contributed by atoms with van der Waals surface area (Å²) < 4.78 is 6.98. The minimum Gasteiger partial charge on any atom is -0.493 e. The fraction of sp³-hybridized carbons (Fsp3) is 0.625. The van der Waals surface area contributed by atoms with E-state index < -0.39 is 0 Å². The molecule has 1 aromatic carbocycles. The lowest BCUT2D eigenvalue weighted by Gasteiger charge is -2.22. The van der Waals surface area contributed by atoms with Gasteiger partial charge in [-0.2, -0.15) is 0 Å². The van der Waals surface area contributed by atoms with Gasteiger partial charge in [0.25, 0.3) is 0 Å². The van der Waals surface area contributed by atoms with Crippen LogP contribution in [0.1, 0.15) is 38.3 Å². The molecule has 0 bridgehead atoms. The van der Waals surface area contributed by atoms with Crippen molar-refractivity contribution in [2.24, 2.45) is 5.92 Å². The molecule has 0 aromatic heterocycles. The van der Waals surface area contributed by atoms with Crippen molar-refractivity contribution in [3.8, 4) is 5.75 Å². The summed E-state index contributed by atoms with van der Waals surface area (Å²) in [4.78, 5) is 0. The van der Waals surface area contributed by atoms with E-state index >= 15 is 0 Å². The van der Waals surface area contributed by atoms with Crippen LogP contribution in [0.3, 0.4) is 0 Å². The summed E-state index contributed by atoms with van der Waals surface area (Å²) in [6, 6.07) is 4.94. The first-order chi connectivity index (χ1) is 9.11. The summed E-state index contributed by atoms with van der Waals surface area (Å²) >= 11 is 3.61. The second-order valence-electron chi connectivity index (χ2n) is 5.58. The van der Waals surface area contributed by atoms with Gasteiger partial charge in [0.2, 0.25) is 0 Å². The fourth-order valence-corrected chi connectivity index (χ4v) is 3.15. The number of benzene rings is 1. The molecule has 2 rings (SSSR count).